The van der Waals surface area contributed by atoms with Gasteiger partial charge in [0, 0.05) is 24.8 Å². The first-order chi connectivity index (χ1) is 13.7. The van der Waals surface area contributed by atoms with Crippen molar-refractivity contribution in [3.8, 4) is 11.1 Å². The Morgan fingerprint density at radius 1 is 0.964 bits per heavy atom. The van der Waals surface area contributed by atoms with Gasteiger partial charge in [-0.05, 0) is 35.9 Å². The first-order valence-electron chi connectivity index (χ1n) is 9.21. The zero-order valence-corrected chi connectivity index (χ0v) is 15.9. The summed E-state index contributed by atoms with van der Waals surface area (Å²) in [4.78, 5) is 18.2. The molecule has 1 N–H and O–H groups in total. The largest absolute Gasteiger partial charge is 0.459 e. The number of aromatic nitrogens is 1. The summed E-state index contributed by atoms with van der Waals surface area (Å²) in [5, 5.41) is 8.72. The summed E-state index contributed by atoms with van der Waals surface area (Å²) >= 11 is 0. The average Bonchev–Trinajstić information content (AvgIpc) is 2.73. The van der Waals surface area contributed by atoms with Crippen LogP contribution in [0.5, 0.6) is 0 Å². The zero-order valence-electron chi connectivity index (χ0n) is 15.9. The van der Waals surface area contributed by atoms with E-state index in [2.05, 4.69) is 53.3 Å². The maximum absolute atomic E-state index is 11.8. The molecular formula is C23H24N2O3. The Hall–Kier alpha value is -3.02. The predicted octanol–water partition coefficient (Wildman–Crippen LogP) is 3.53. The molecule has 0 bridgehead atoms. The molecule has 0 saturated carbocycles. The molecule has 0 atom stereocenters. The van der Waals surface area contributed by atoms with Crippen LogP contribution in [0.4, 0.5) is 0 Å². The smallest absolute Gasteiger partial charge is 0.356 e. The van der Waals surface area contributed by atoms with Gasteiger partial charge in [0.15, 0.2) is 0 Å². The summed E-state index contributed by atoms with van der Waals surface area (Å²) in [6.07, 6.45) is 1.67. The van der Waals surface area contributed by atoms with E-state index in [4.69, 9.17) is 9.84 Å². The number of hydrogen-bond donors (Lipinski definition) is 1. The fourth-order valence-electron chi connectivity index (χ4n) is 3.01. The molecule has 5 nitrogen and oxygen atoms in total. The Morgan fingerprint density at radius 2 is 1.71 bits per heavy atom. The second-order valence-electron chi connectivity index (χ2n) is 6.65. The summed E-state index contributed by atoms with van der Waals surface area (Å²) in [7, 11) is 2.11. The predicted molar refractivity (Wildman–Crippen MR) is 109 cm³/mol. The van der Waals surface area contributed by atoms with E-state index in [1.54, 1.807) is 12.3 Å². The molecule has 0 radical (unpaired) electrons. The Balaban J connectivity index is 1.66. The van der Waals surface area contributed by atoms with Gasteiger partial charge >= 0.3 is 5.97 Å². The maximum atomic E-state index is 11.8. The van der Waals surface area contributed by atoms with Crippen molar-refractivity contribution in [1.82, 2.24) is 9.88 Å². The van der Waals surface area contributed by atoms with Crippen LogP contribution in [0.25, 0.3) is 11.1 Å². The van der Waals surface area contributed by atoms with Crippen LogP contribution < -0.4 is 0 Å². The highest BCUT2D eigenvalue weighted by molar-refractivity contribution is 5.87. The Bertz CT molecular complexity index is 895. The second kappa shape index (κ2) is 9.78. The number of carbonyl (C=O) groups is 1. The van der Waals surface area contributed by atoms with Gasteiger partial charge in [0.05, 0.1) is 6.61 Å². The fraction of sp³-hybridized carbons (Fsp3) is 0.217. The molecule has 144 valence electrons. The Morgan fingerprint density at radius 3 is 2.43 bits per heavy atom. The first kappa shape index (κ1) is 19.7. The number of aliphatic hydroxyl groups excluding tert-OH is 1. The highest BCUT2D eigenvalue weighted by Crippen LogP contribution is 2.21. The number of pyridine rings is 1. The van der Waals surface area contributed by atoms with Crippen molar-refractivity contribution in [2.45, 2.75) is 13.1 Å². The van der Waals surface area contributed by atoms with Gasteiger partial charge in [-0.25, -0.2) is 9.78 Å². The number of benzene rings is 2. The number of ether oxygens (including phenoxy) is 1. The zero-order chi connectivity index (χ0) is 19.8. The van der Waals surface area contributed by atoms with E-state index in [1.807, 2.05) is 24.3 Å². The molecule has 3 aromatic rings. The minimum Gasteiger partial charge on any atom is -0.459 e. The molecule has 28 heavy (non-hydrogen) atoms. The number of nitrogens with zero attached hydrogens (tertiary/aromatic N) is 2. The summed E-state index contributed by atoms with van der Waals surface area (Å²) < 4.78 is 4.88. The molecule has 0 saturated heterocycles. The topological polar surface area (TPSA) is 62.7 Å². The third-order valence-electron chi connectivity index (χ3n) is 4.31. The van der Waals surface area contributed by atoms with Crippen LogP contribution in [-0.2, 0) is 17.8 Å². The lowest BCUT2D eigenvalue weighted by Gasteiger charge is -2.17. The van der Waals surface area contributed by atoms with Gasteiger partial charge in [0.25, 0.3) is 0 Å². The minimum atomic E-state index is -0.531. The van der Waals surface area contributed by atoms with E-state index in [9.17, 15) is 4.79 Å². The normalized spacial score (nSPS) is 10.8. The molecular weight excluding hydrogens is 352 g/mol. The highest BCUT2D eigenvalue weighted by atomic mass is 16.5. The molecule has 0 aliphatic heterocycles. The third kappa shape index (κ3) is 5.49. The van der Waals surface area contributed by atoms with E-state index in [0.29, 0.717) is 0 Å². The molecule has 2 aromatic carbocycles. The summed E-state index contributed by atoms with van der Waals surface area (Å²) in [6, 6.07) is 22.2. The van der Waals surface area contributed by atoms with Crippen LogP contribution >= 0.6 is 0 Å². The van der Waals surface area contributed by atoms with E-state index in [1.165, 1.54) is 11.1 Å². The van der Waals surface area contributed by atoms with Gasteiger partial charge in [0.1, 0.15) is 12.3 Å². The Labute approximate surface area is 165 Å². The van der Waals surface area contributed by atoms with Gasteiger partial charge in [-0.2, -0.15) is 0 Å². The molecule has 0 aliphatic rings. The van der Waals surface area contributed by atoms with Crippen molar-refractivity contribution in [1.29, 1.82) is 0 Å². The van der Waals surface area contributed by atoms with Gasteiger partial charge in [-0.15, -0.1) is 0 Å². The van der Waals surface area contributed by atoms with Crippen LogP contribution in [0.15, 0.2) is 72.9 Å². The summed E-state index contributed by atoms with van der Waals surface area (Å²) in [5.41, 5.74) is 4.71. The lowest BCUT2D eigenvalue weighted by atomic mass is 10.0. The van der Waals surface area contributed by atoms with Crippen LogP contribution in [0, 0.1) is 0 Å². The van der Waals surface area contributed by atoms with Crippen molar-refractivity contribution in [2.75, 3.05) is 20.3 Å². The molecule has 0 fully saturated rings. The third-order valence-corrected chi connectivity index (χ3v) is 4.31. The van der Waals surface area contributed by atoms with Gasteiger partial charge in [-0.1, -0.05) is 54.6 Å². The molecule has 3 rings (SSSR count). The lowest BCUT2D eigenvalue weighted by molar-refractivity contribution is 0.0427. The summed E-state index contributed by atoms with van der Waals surface area (Å²) in [6.45, 7) is 1.50. The lowest BCUT2D eigenvalue weighted by Crippen LogP contribution is -2.17. The average molecular weight is 376 g/mol. The van der Waals surface area contributed by atoms with Gasteiger partial charge in [-0.3, -0.25) is 4.90 Å². The van der Waals surface area contributed by atoms with E-state index in [-0.39, 0.29) is 18.9 Å². The minimum absolute atomic E-state index is 0.0270. The number of aliphatic hydroxyl groups is 1. The number of hydrogen-bond acceptors (Lipinski definition) is 5. The maximum Gasteiger partial charge on any atom is 0.356 e. The second-order valence-corrected chi connectivity index (χ2v) is 6.65. The summed E-state index contributed by atoms with van der Waals surface area (Å²) in [5.74, 6) is -0.531. The molecule has 1 aromatic heterocycles. The van der Waals surface area contributed by atoms with E-state index >= 15 is 0 Å². The molecule has 0 amide bonds. The fourth-order valence-corrected chi connectivity index (χ4v) is 3.01. The first-order valence-corrected chi connectivity index (χ1v) is 9.21. The van der Waals surface area contributed by atoms with Gasteiger partial charge in [0.2, 0.25) is 0 Å². The molecule has 0 unspecified atom stereocenters. The monoisotopic (exact) mass is 376 g/mol. The van der Waals surface area contributed by atoms with Gasteiger partial charge < -0.3 is 9.84 Å². The van der Waals surface area contributed by atoms with Crippen LogP contribution in [0.3, 0.4) is 0 Å². The van der Waals surface area contributed by atoms with Crippen molar-refractivity contribution in [2.24, 2.45) is 0 Å². The number of esters is 1. The molecule has 0 spiro atoms. The molecule has 1 heterocycles. The van der Waals surface area contributed by atoms with Crippen molar-refractivity contribution >= 4 is 5.97 Å². The van der Waals surface area contributed by atoms with Crippen molar-refractivity contribution < 1.29 is 14.6 Å². The number of rotatable bonds is 8. The SMILES string of the molecule is CN(Cc1ccccc1)Cc1cccc(-c2ccc(C(=O)OCCO)nc2)c1. The Kier molecular flexibility index (Phi) is 6.89. The standard InChI is InChI=1S/C23H24N2O3/c1-25(16-18-6-3-2-4-7-18)17-19-8-5-9-20(14-19)21-10-11-22(24-15-21)23(27)28-13-12-26/h2-11,14-15,26H,12-13,16-17H2,1H3. The van der Waals surface area contributed by atoms with Crippen molar-refractivity contribution in [3.05, 3.63) is 89.7 Å². The number of carbonyl (C=O) groups excluding carboxylic acids is 1. The van der Waals surface area contributed by atoms with Crippen LogP contribution in [-0.4, -0.2) is 41.2 Å². The van der Waals surface area contributed by atoms with E-state index < -0.39 is 5.97 Å². The van der Waals surface area contributed by atoms with Crippen LogP contribution in [0.2, 0.25) is 0 Å². The highest BCUT2D eigenvalue weighted by Gasteiger charge is 2.09. The molecule has 0 aliphatic carbocycles. The van der Waals surface area contributed by atoms with Crippen LogP contribution in [0.1, 0.15) is 21.6 Å². The van der Waals surface area contributed by atoms with Crippen molar-refractivity contribution in [3.63, 3.8) is 0 Å². The molecule has 5 heteroatoms. The van der Waals surface area contributed by atoms with E-state index in [0.717, 1.165) is 24.2 Å². The quantitative estimate of drug-likeness (QED) is 0.610.